The van der Waals surface area contributed by atoms with E-state index in [0.29, 0.717) is 11.3 Å². The molecular formula is C16H17BrFNO2. The Morgan fingerprint density at radius 3 is 2.67 bits per heavy atom. The first-order valence-corrected chi connectivity index (χ1v) is 7.31. The first-order chi connectivity index (χ1) is 10.0. The van der Waals surface area contributed by atoms with Crippen LogP contribution in [-0.2, 0) is 6.61 Å². The van der Waals surface area contributed by atoms with Gasteiger partial charge in [-0.3, -0.25) is 0 Å². The number of nitrogens with two attached hydrogens (primary N) is 1. The van der Waals surface area contributed by atoms with Crippen LogP contribution in [0.5, 0.6) is 11.5 Å². The van der Waals surface area contributed by atoms with Gasteiger partial charge in [0.1, 0.15) is 12.4 Å². The number of methoxy groups -OCH3 is 1. The maximum Gasteiger partial charge on any atom is 0.171 e. The van der Waals surface area contributed by atoms with Crippen molar-refractivity contribution in [3.63, 3.8) is 0 Å². The van der Waals surface area contributed by atoms with Crippen molar-refractivity contribution in [1.29, 1.82) is 0 Å². The molecule has 0 saturated carbocycles. The molecule has 2 rings (SSSR count). The molecular weight excluding hydrogens is 337 g/mol. The molecule has 0 radical (unpaired) electrons. The van der Waals surface area contributed by atoms with Crippen molar-refractivity contribution in [3.8, 4) is 11.5 Å². The summed E-state index contributed by atoms with van der Waals surface area (Å²) in [5.74, 6) is 0.441. The smallest absolute Gasteiger partial charge is 0.171 e. The quantitative estimate of drug-likeness (QED) is 0.876. The van der Waals surface area contributed by atoms with Crippen LogP contribution in [0.15, 0.2) is 40.9 Å². The van der Waals surface area contributed by atoms with Crippen molar-refractivity contribution in [3.05, 3.63) is 57.8 Å². The minimum absolute atomic E-state index is 0.110. The molecule has 5 heteroatoms. The number of ether oxygens (including phenoxy) is 2. The van der Waals surface area contributed by atoms with Crippen LogP contribution in [0, 0.1) is 5.82 Å². The molecule has 1 unspecified atom stereocenters. The summed E-state index contributed by atoms with van der Waals surface area (Å²) in [6, 6.07) is 10.4. The molecule has 0 heterocycles. The van der Waals surface area contributed by atoms with E-state index >= 15 is 0 Å². The second-order valence-electron chi connectivity index (χ2n) is 4.69. The lowest BCUT2D eigenvalue weighted by molar-refractivity contribution is 0.291. The van der Waals surface area contributed by atoms with Gasteiger partial charge in [-0.1, -0.05) is 34.1 Å². The minimum Gasteiger partial charge on any atom is -0.494 e. The first-order valence-electron chi connectivity index (χ1n) is 6.52. The number of hydrogen-bond donors (Lipinski definition) is 1. The number of hydrogen-bond acceptors (Lipinski definition) is 3. The zero-order valence-electron chi connectivity index (χ0n) is 11.9. The Morgan fingerprint density at radius 2 is 2.00 bits per heavy atom. The third kappa shape index (κ3) is 3.74. The monoisotopic (exact) mass is 353 g/mol. The van der Waals surface area contributed by atoms with Gasteiger partial charge in [0.2, 0.25) is 0 Å². The summed E-state index contributed by atoms with van der Waals surface area (Å²) in [5.41, 5.74) is 7.23. The molecule has 2 aromatic rings. The standard InChI is InChI=1S/C16H17BrFNO2/c1-10(19)13-7-6-12(17)8-15(13)21-9-11-4-3-5-14(20-2)16(11)18/h3-8,10H,9,19H2,1-2H3. The summed E-state index contributed by atoms with van der Waals surface area (Å²) in [6.45, 7) is 1.99. The van der Waals surface area contributed by atoms with Crippen LogP contribution in [-0.4, -0.2) is 7.11 Å². The summed E-state index contributed by atoms with van der Waals surface area (Å²) >= 11 is 3.39. The van der Waals surface area contributed by atoms with Crippen LogP contribution in [0.3, 0.4) is 0 Å². The van der Waals surface area contributed by atoms with Gasteiger partial charge in [0.05, 0.1) is 7.11 Å². The molecule has 112 valence electrons. The van der Waals surface area contributed by atoms with Crippen molar-refractivity contribution in [2.45, 2.75) is 19.6 Å². The van der Waals surface area contributed by atoms with E-state index in [2.05, 4.69) is 15.9 Å². The average Bonchev–Trinajstić information content (AvgIpc) is 2.46. The Kier molecular flexibility index (Phi) is 5.20. The van der Waals surface area contributed by atoms with Gasteiger partial charge in [-0.15, -0.1) is 0 Å². The van der Waals surface area contributed by atoms with E-state index in [-0.39, 0.29) is 18.4 Å². The number of halogens is 2. The third-order valence-electron chi connectivity index (χ3n) is 3.11. The number of benzene rings is 2. The van der Waals surface area contributed by atoms with E-state index in [0.717, 1.165) is 10.0 Å². The molecule has 0 amide bonds. The lowest BCUT2D eigenvalue weighted by Crippen LogP contribution is -2.08. The van der Waals surface area contributed by atoms with Crippen LogP contribution in [0.2, 0.25) is 0 Å². The van der Waals surface area contributed by atoms with E-state index in [9.17, 15) is 4.39 Å². The largest absolute Gasteiger partial charge is 0.494 e. The molecule has 0 aromatic heterocycles. The van der Waals surface area contributed by atoms with Gasteiger partial charge in [-0.25, -0.2) is 4.39 Å². The van der Waals surface area contributed by atoms with E-state index in [4.69, 9.17) is 15.2 Å². The van der Waals surface area contributed by atoms with Crippen molar-refractivity contribution < 1.29 is 13.9 Å². The Morgan fingerprint density at radius 1 is 1.24 bits per heavy atom. The molecule has 0 bridgehead atoms. The summed E-state index contributed by atoms with van der Waals surface area (Å²) in [4.78, 5) is 0. The predicted molar refractivity (Wildman–Crippen MR) is 84.0 cm³/mol. The molecule has 0 spiro atoms. The molecule has 2 N–H and O–H groups in total. The van der Waals surface area contributed by atoms with Gasteiger partial charge in [0.15, 0.2) is 11.6 Å². The molecule has 2 aromatic carbocycles. The maximum absolute atomic E-state index is 14.1. The zero-order valence-corrected chi connectivity index (χ0v) is 13.5. The van der Waals surface area contributed by atoms with Gasteiger partial charge >= 0.3 is 0 Å². The van der Waals surface area contributed by atoms with Crippen LogP contribution in [0.1, 0.15) is 24.1 Å². The highest BCUT2D eigenvalue weighted by atomic mass is 79.9. The molecule has 0 saturated heterocycles. The molecule has 3 nitrogen and oxygen atoms in total. The lowest BCUT2D eigenvalue weighted by atomic mass is 10.1. The van der Waals surface area contributed by atoms with Gasteiger partial charge in [0.25, 0.3) is 0 Å². The normalized spacial score (nSPS) is 12.0. The maximum atomic E-state index is 14.1. The van der Waals surface area contributed by atoms with E-state index in [1.165, 1.54) is 7.11 Å². The Labute approximate surface area is 132 Å². The van der Waals surface area contributed by atoms with Crippen molar-refractivity contribution in [1.82, 2.24) is 0 Å². The average molecular weight is 354 g/mol. The second-order valence-corrected chi connectivity index (χ2v) is 5.61. The Hall–Kier alpha value is -1.59. The fourth-order valence-corrected chi connectivity index (χ4v) is 2.33. The summed E-state index contributed by atoms with van der Waals surface area (Å²) in [7, 11) is 1.44. The van der Waals surface area contributed by atoms with E-state index in [1.54, 1.807) is 18.2 Å². The fraction of sp³-hybridized carbons (Fsp3) is 0.250. The Bertz CT molecular complexity index is 632. The molecule has 0 aliphatic heterocycles. The molecule has 1 atom stereocenters. The molecule has 0 aliphatic rings. The van der Waals surface area contributed by atoms with Crippen LogP contribution in [0.25, 0.3) is 0 Å². The predicted octanol–water partition coefficient (Wildman–Crippen LogP) is 4.20. The highest BCUT2D eigenvalue weighted by molar-refractivity contribution is 9.10. The van der Waals surface area contributed by atoms with E-state index in [1.807, 2.05) is 25.1 Å². The Balaban J connectivity index is 2.22. The van der Waals surface area contributed by atoms with Gasteiger partial charge in [-0.2, -0.15) is 0 Å². The number of rotatable bonds is 5. The lowest BCUT2D eigenvalue weighted by Gasteiger charge is -2.15. The summed E-state index contributed by atoms with van der Waals surface area (Å²) in [5, 5.41) is 0. The molecule has 21 heavy (non-hydrogen) atoms. The van der Waals surface area contributed by atoms with Crippen LogP contribution in [0.4, 0.5) is 4.39 Å². The summed E-state index contributed by atoms with van der Waals surface area (Å²) < 4.78 is 25.7. The summed E-state index contributed by atoms with van der Waals surface area (Å²) in [6.07, 6.45) is 0. The fourth-order valence-electron chi connectivity index (χ4n) is 1.99. The second kappa shape index (κ2) is 6.91. The topological polar surface area (TPSA) is 44.5 Å². The van der Waals surface area contributed by atoms with Crippen LogP contribution < -0.4 is 15.2 Å². The van der Waals surface area contributed by atoms with Gasteiger partial charge < -0.3 is 15.2 Å². The van der Waals surface area contributed by atoms with Crippen LogP contribution >= 0.6 is 15.9 Å². The molecule has 0 fully saturated rings. The van der Waals surface area contributed by atoms with Crippen molar-refractivity contribution >= 4 is 15.9 Å². The van der Waals surface area contributed by atoms with Gasteiger partial charge in [-0.05, 0) is 25.1 Å². The first kappa shape index (κ1) is 15.8. The highest BCUT2D eigenvalue weighted by Gasteiger charge is 2.12. The SMILES string of the molecule is COc1cccc(COc2cc(Br)ccc2C(C)N)c1F. The minimum atomic E-state index is -0.405. The van der Waals surface area contributed by atoms with E-state index < -0.39 is 5.82 Å². The third-order valence-corrected chi connectivity index (χ3v) is 3.61. The van der Waals surface area contributed by atoms with Crippen molar-refractivity contribution in [2.75, 3.05) is 7.11 Å². The highest BCUT2D eigenvalue weighted by Crippen LogP contribution is 2.29. The zero-order chi connectivity index (χ0) is 15.4. The van der Waals surface area contributed by atoms with Gasteiger partial charge in [0, 0.05) is 21.6 Å². The molecule has 0 aliphatic carbocycles. The van der Waals surface area contributed by atoms with Crippen molar-refractivity contribution in [2.24, 2.45) is 5.73 Å².